The maximum Gasteiger partial charge on any atom is 0.255 e. The molecule has 132 valence electrons. The second-order valence-corrected chi connectivity index (χ2v) is 7.09. The summed E-state index contributed by atoms with van der Waals surface area (Å²) < 4.78 is 6.75. The second-order valence-electron chi connectivity index (χ2n) is 6.24. The highest BCUT2D eigenvalue weighted by Crippen LogP contribution is 2.22. The van der Waals surface area contributed by atoms with Crippen LogP contribution in [0, 0.1) is 0 Å². The first-order valence-electron chi connectivity index (χ1n) is 8.26. The van der Waals surface area contributed by atoms with E-state index in [0.717, 1.165) is 29.7 Å². The van der Waals surface area contributed by atoms with Crippen molar-refractivity contribution in [1.82, 2.24) is 15.1 Å². The van der Waals surface area contributed by atoms with E-state index in [0.29, 0.717) is 18.0 Å². The average molecular weight is 405 g/mol. The molecule has 1 aromatic carbocycles. The van der Waals surface area contributed by atoms with Gasteiger partial charge < -0.3 is 14.5 Å². The third-order valence-corrected chi connectivity index (χ3v) is 4.83. The zero-order valence-electron chi connectivity index (χ0n) is 14.4. The molecule has 7 heteroatoms. The third-order valence-electron chi connectivity index (χ3n) is 4.14. The Morgan fingerprint density at radius 1 is 1.24 bits per heavy atom. The summed E-state index contributed by atoms with van der Waals surface area (Å²) in [6.07, 6.45) is 1.74. The van der Waals surface area contributed by atoms with Crippen LogP contribution >= 0.6 is 15.9 Å². The lowest BCUT2D eigenvalue weighted by molar-refractivity contribution is 0.0525. The lowest BCUT2D eigenvalue weighted by Gasteiger charge is -2.32. The van der Waals surface area contributed by atoms with E-state index >= 15 is 0 Å². The van der Waals surface area contributed by atoms with E-state index < -0.39 is 0 Å². The number of amides is 1. The van der Waals surface area contributed by atoms with E-state index in [4.69, 9.17) is 4.74 Å². The van der Waals surface area contributed by atoms with Crippen molar-refractivity contribution < 1.29 is 9.53 Å². The van der Waals surface area contributed by atoms with Crippen LogP contribution in [0.4, 0.5) is 5.82 Å². The largest absolute Gasteiger partial charge is 0.471 e. The molecule has 0 bridgehead atoms. The van der Waals surface area contributed by atoms with Crippen LogP contribution in [0.15, 0.2) is 40.9 Å². The number of likely N-dealkylation sites (tertiary alicyclic amines) is 1. The predicted molar refractivity (Wildman–Crippen MR) is 100 cm³/mol. The summed E-state index contributed by atoms with van der Waals surface area (Å²) in [6, 6.07) is 11.2. The summed E-state index contributed by atoms with van der Waals surface area (Å²) in [5.74, 6) is 1.29. The molecule has 1 saturated heterocycles. The van der Waals surface area contributed by atoms with Gasteiger partial charge in [-0.1, -0.05) is 12.1 Å². The zero-order chi connectivity index (χ0) is 17.8. The summed E-state index contributed by atoms with van der Waals surface area (Å²) in [5, 5.41) is 8.23. The van der Waals surface area contributed by atoms with E-state index in [1.807, 2.05) is 60.3 Å². The SMILES string of the molecule is CN(C)c1ccc(OC2CCCN(C(=O)c3ccccc3Br)C2)nn1. The minimum absolute atomic E-state index is 0.0230. The number of hydrogen-bond donors (Lipinski definition) is 0. The highest BCUT2D eigenvalue weighted by Gasteiger charge is 2.26. The molecule has 0 radical (unpaired) electrons. The van der Waals surface area contributed by atoms with Crippen molar-refractivity contribution in [1.29, 1.82) is 0 Å². The van der Waals surface area contributed by atoms with Gasteiger partial charge in [0.2, 0.25) is 5.88 Å². The first kappa shape index (κ1) is 17.7. The van der Waals surface area contributed by atoms with Crippen LogP contribution in [-0.4, -0.2) is 54.3 Å². The van der Waals surface area contributed by atoms with Crippen LogP contribution in [0.5, 0.6) is 5.88 Å². The topological polar surface area (TPSA) is 58.6 Å². The van der Waals surface area contributed by atoms with Crippen molar-refractivity contribution in [2.45, 2.75) is 18.9 Å². The number of carbonyl (C=O) groups is 1. The molecule has 2 heterocycles. The van der Waals surface area contributed by atoms with Gasteiger partial charge in [0.05, 0.1) is 12.1 Å². The first-order valence-corrected chi connectivity index (χ1v) is 9.05. The minimum Gasteiger partial charge on any atom is -0.471 e. The summed E-state index contributed by atoms with van der Waals surface area (Å²) in [6.45, 7) is 1.29. The lowest BCUT2D eigenvalue weighted by atomic mass is 10.1. The molecule has 1 unspecified atom stereocenters. The first-order chi connectivity index (χ1) is 12.0. The van der Waals surface area contributed by atoms with Crippen molar-refractivity contribution in [3.63, 3.8) is 0 Å². The molecule has 6 nitrogen and oxygen atoms in total. The summed E-state index contributed by atoms with van der Waals surface area (Å²) in [5.41, 5.74) is 0.679. The molecule has 1 aliphatic rings. The molecule has 0 spiro atoms. The minimum atomic E-state index is -0.0697. The normalized spacial score (nSPS) is 17.2. The highest BCUT2D eigenvalue weighted by molar-refractivity contribution is 9.10. The van der Waals surface area contributed by atoms with Gasteiger partial charge >= 0.3 is 0 Å². The quantitative estimate of drug-likeness (QED) is 0.783. The fourth-order valence-electron chi connectivity index (χ4n) is 2.81. The van der Waals surface area contributed by atoms with Crippen LogP contribution < -0.4 is 9.64 Å². The van der Waals surface area contributed by atoms with Crippen LogP contribution in [-0.2, 0) is 0 Å². The monoisotopic (exact) mass is 404 g/mol. The fraction of sp³-hybridized carbons (Fsp3) is 0.389. The molecule has 0 saturated carbocycles. The number of carbonyl (C=O) groups excluding carboxylic acids is 1. The Balaban J connectivity index is 1.65. The van der Waals surface area contributed by atoms with E-state index in [-0.39, 0.29) is 12.0 Å². The number of nitrogens with zero attached hydrogens (tertiary/aromatic N) is 4. The molecule has 0 N–H and O–H groups in total. The van der Waals surface area contributed by atoms with Gasteiger partial charge in [0.15, 0.2) is 5.82 Å². The second kappa shape index (κ2) is 7.82. The van der Waals surface area contributed by atoms with E-state index in [9.17, 15) is 4.79 Å². The number of piperidine rings is 1. The highest BCUT2D eigenvalue weighted by atomic mass is 79.9. The van der Waals surface area contributed by atoms with E-state index in [2.05, 4.69) is 26.1 Å². The lowest BCUT2D eigenvalue weighted by Crippen LogP contribution is -2.44. The standard InChI is InChI=1S/C18H21BrN4O2/c1-22(2)16-9-10-17(21-20-16)25-13-6-5-11-23(12-13)18(24)14-7-3-4-8-15(14)19/h3-4,7-10,13H,5-6,11-12H2,1-2H3. The van der Waals surface area contributed by atoms with Crippen LogP contribution in [0.2, 0.25) is 0 Å². The number of aromatic nitrogens is 2. The van der Waals surface area contributed by atoms with Crippen LogP contribution in [0.3, 0.4) is 0 Å². The maximum absolute atomic E-state index is 12.7. The Labute approximate surface area is 155 Å². The van der Waals surface area contributed by atoms with Gasteiger partial charge in [-0.15, -0.1) is 10.2 Å². The number of ether oxygens (including phenoxy) is 1. The van der Waals surface area contributed by atoms with Gasteiger partial charge in [-0.2, -0.15) is 0 Å². The van der Waals surface area contributed by atoms with Gasteiger partial charge in [-0.25, -0.2) is 0 Å². The predicted octanol–water partition coefficient (Wildman–Crippen LogP) is 2.99. The molecular weight excluding hydrogens is 384 g/mol. The number of rotatable bonds is 4. The average Bonchev–Trinajstić information content (AvgIpc) is 2.62. The fourth-order valence-corrected chi connectivity index (χ4v) is 3.26. The molecule has 1 fully saturated rings. The molecule has 25 heavy (non-hydrogen) atoms. The molecule has 1 atom stereocenters. The number of benzene rings is 1. The molecule has 1 aliphatic heterocycles. The Bertz CT molecular complexity index is 736. The smallest absolute Gasteiger partial charge is 0.255 e. The molecule has 2 aromatic rings. The van der Waals surface area contributed by atoms with Gasteiger partial charge in [0.1, 0.15) is 6.10 Å². The van der Waals surface area contributed by atoms with Crippen molar-refractivity contribution in [3.05, 3.63) is 46.4 Å². The number of anilines is 1. The third kappa shape index (κ3) is 4.28. The van der Waals surface area contributed by atoms with Gasteiger partial charge in [-0.3, -0.25) is 4.79 Å². The van der Waals surface area contributed by atoms with Crippen LogP contribution in [0.25, 0.3) is 0 Å². The Hall–Kier alpha value is -2.15. The van der Waals surface area contributed by atoms with Crippen molar-refractivity contribution >= 4 is 27.7 Å². The van der Waals surface area contributed by atoms with Crippen LogP contribution in [0.1, 0.15) is 23.2 Å². The van der Waals surface area contributed by atoms with E-state index in [1.165, 1.54) is 0 Å². The number of halogens is 1. The molecule has 0 aliphatic carbocycles. The summed E-state index contributed by atoms with van der Waals surface area (Å²) in [4.78, 5) is 16.5. The maximum atomic E-state index is 12.7. The van der Waals surface area contributed by atoms with Gasteiger partial charge in [0.25, 0.3) is 5.91 Å². The Kier molecular flexibility index (Phi) is 5.53. The zero-order valence-corrected chi connectivity index (χ0v) is 15.9. The molecule has 1 aromatic heterocycles. The number of hydrogen-bond acceptors (Lipinski definition) is 5. The molecule has 3 rings (SSSR count). The summed E-state index contributed by atoms with van der Waals surface area (Å²) >= 11 is 3.45. The Morgan fingerprint density at radius 2 is 2.04 bits per heavy atom. The van der Waals surface area contributed by atoms with Gasteiger partial charge in [0, 0.05) is 31.2 Å². The van der Waals surface area contributed by atoms with E-state index in [1.54, 1.807) is 0 Å². The Morgan fingerprint density at radius 3 is 2.72 bits per heavy atom. The summed E-state index contributed by atoms with van der Waals surface area (Å²) in [7, 11) is 3.83. The van der Waals surface area contributed by atoms with Crippen molar-refractivity contribution in [2.24, 2.45) is 0 Å². The molecule has 1 amide bonds. The molecular formula is C18H21BrN4O2. The van der Waals surface area contributed by atoms with Crippen molar-refractivity contribution in [2.75, 3.05) is 32.1 Å². The van der Waals surface area contributed by atoms with Crippen molar-refractivity contribution in [3.8, 4) is 5.88 Å². The van der Waals surface area contributed by atoms with Gasteiger partial charge in [-0.05, 0) is 47.0 Å².